The molecule has 4 aliphatic rings. The second-order valence-corrected chi connectivity index (χ2v) is 35.0. The molecule has 0 N–H and O–H groups in total. The first-order chi connectivity index (χ1) is 13.4. The fourth-order valence-electron chi connectivity index (χ4n) is 8.23. The molecule has 0 amide bonds. The molecular formula is C26H44Cl2SiZr. The summed E-state index contributed by atoms with van der Waals surface area (Å²) in [6, 6.07) is 0. The van der Waals surface area contributed by atoms with Gasteiger partial charge in [0.1, 0.15) is 0 Å². The van der Waals surface area contributed by atoms with Gasteiger partial charge >= 0.3 is 177 Å². The first-order valence-corrected chi connectivity index (χ1v) is 23.4. The van der Waals surface area contributed by atoms with Crippen LogP contribution in [0.4, 0.5) is 0 Å². The molecule has 4 aliphatic carbocycles. The van der Waals surface area contributed by atoms with E-state index in [9.17, 15) is 0 Å². The second-order valence-electron chi connectivity index (χ2n) is 11.0. The predicted octanol–water partition coefficient (Wildman–Crippen LogP) is 8.82. The van der Waals surface area contributed by atoms with Crippen LogP contribution in [0.25, 0.3) is 0 Å². The average Bonchev–Trinajstić information content (AvgIpc) is 3.23. The van der Waals surface area contributed by atoms with Gasteiger partial charge in [0, 0.05) is 0 Å². The number of rotatable bonds is 4. The predicted molar refractivity (Wildman–Crippen MR) is 139 cm³/mol. The van der Waals surface area contributed by atoms with Crippen LogP contribution in [0.1, 0.15) is 105 Å². The van der Waals surface area contributed by atoms with Crippen LogP contribution in [0.3, 0.4) is 0 Å². The van der Waals surface area contributed by atoms with E-state index in [0.29, 0.717) is 0 Å². The third kappa shape index (κ3) is 4.15. The van der Waals surface area contributed by atoms with Crippen LogP contribution in [-0.4, -0.2) is 6.88 Å². The molecule has 0 heterocycles. The van der Waals surface area contributed by atoms with Crippen LogP contribution < -0.4 is 0 Å². The van der Waals surface area contributed by atoms with Gasteiger partial charge in [-0.15, -0.1) is 24.8 Å². The van der Waals surface area contributed by atoms with Crippen LogP contribution in [0, 0.1) is 0 Å². The van der Waals surface area contributed by atoms with E-state index in [2.05, 4.69) is 46.7 Å². The molecule has 0 unspecified atom stereocenters. The van der Waals surface area contributed by atoms with E-state index in [-0.39, 0.29) is 24.8 Å². The van der Waals surface area contributed by atoms with Crippen molar-refractivity contribution in [1.82, 2.24) is 0 Å². The maximum atomic E-state index is 2.70. The molecule has 0 radical (unpaired) electrons. The molecule has 0 nitrogen and oxygen atoms in total. The van der Waals surface area contributed by atoms with Crippen LogP contribution in [0.15, 0.2) is 41.0 Å². The fourth-order valence-corrected chi connectivity index (χ4v) is 42.1. The maximum absolute atomic E-state index is 3.42. The Kier molecular flexibility index (Phi) is 9.21. The number of hydrogen-bond acceptors (Lipinski definition) is 0. The second kappa shape index (κ2) is 10.3. The summed E-state index contributed by atoms with van der Waals surface area (Å²) in [6.07, 6.45) is 22.9. The van der Waals surface area contributed by atoms with Crippen molar-refractivity contribution in [2.75, 3.05) is 0 Å². The molecule has 0 saturated heterocycles. The third-order valence-electron chi connectivity index (χ3n) is 9.29. The van der Waals surface area contributed by atoms with Crippen LogP contribution >= 0.6 is 24.8 Å². The molecule has 0 aliphatic heterocycles. The molecule has 30 heavy (non-hydrogen) atoms. The molecule has 2 saturated carbocycles. The summed E-state index contributed by atoms with van der Waals surface area (Å²) in [6.45, 7) is 12.5. The van der Waals surface area contributed by atoms with Gasteiger partial charge in [-0.2, -0.15) is 0 Å². The molecule has 0 aromatic rings. The van der Waals surface area contributed by atoms with E-state index in [1.165, 1.54) is 77.0 Å². The molecule has 170 valence electrons. The van der Waals surface area contributed by atoms with Crippen molar-refractivity contribution in [2.24, 2.45) is 0 Å². The Bertz CT molecular complexity index is 776. The van der Waals surface area contributed by atoms with Gasteiger partial charge in [-0.05, 0) is 0 Å². The summed E-state index contributed by atoms with van der Waals surface area (Å²) >= 11 is -3.42. The van der Waals surface area contributed by atoms with Crippen molar-refractivity contribution in [3.05, 3.63) is 41.0 Å². The Labute approximate surface area is 200 Å². The summed E-state index contributed by atoms with van der Waals surface area (Å²) in [5.41, 5.74) is 6.71. The van der Waals surface area contributed by atoms with Crippen LogP contribution in [-0.2, 0) is 17.4 Å². The van der Waals surface area contributed by atoms with E-state index < -0.39 is 17.4 Å². The summed E-state index contributed by atoms with van der Waals surface area (Å²) in [5, 5.41) is 0. The Morgan fingerprint density at radius 3 is 1.23 bits per heavy atom. The monoisotopic (exact) mass is 544 g/mol. The average molecular weight is 547 g/mol. The zero-order chi connectivity index (χ0) is 20.0. The molecule has 0 bridgehead atoms. The van der Waals surface area contributed by atoms with Crippen molar-refractivity contribution in [3.63, 3.8) is 0 Å². The standard InChI is InChI=1S/2C7H9.2C6H11.2ClH.H2Si.Zr/c2*1-6-3-4-7(2)5-6;2*1-2-4-6-5-3-1;;;;/h2*5H,3H2,1-2H3;2*1H,2-6H2;2*1H;1H2;. The zero-order valence-electron chi connectivity index (χ0n) is 19.8. The van der Waals surface area contributed by atoms with Gasteiger partial charge in [-0.3, -0.25) is 0 Å². The van der Waals surface area contributed by atoms with E-state index >= 15 is 0 Å². The summed E-state index contributed by atoms with van der Waals surface area (Å²) in [4.78, 5) is 0. The van der Waals surface area contributed by atoms with Crippen molar-refractivity contribution in [2.45, 2.75) is 112 Å². The van der Waals surface area contributed by atoms with Gasteiger partial charge < -0.3 is 0 Å². The van der Waals surface area contributed by atoms with E-state index in [1.807, 2.05) is 6.56 Å². The van der Waals surface area contributed by atoms with Crippen molar-refractivity contribution >= 4 is 31.7 Å². The van der Waals surface area contributed by atoms with E-state index in [1.54, 1.807) is 22.3 Å². The molecular weight excluding hydrogens is 503 g/mol. The molecule has 4 heteroatoms. The van der Waals surface area contributed by atoms with Gasteiger partial charge in [0.15, 0.2) is 0 Å². The molecule has 0 atom stereocenters. The Morgan fingerprint density at radius 1 is 0.633 bits per heavy atom. The van der Waals surface area contributed by atoms with Crippen molar-refractivity contribution < 1.29 is 17.4 Å². The minimum atomic E-state index is -3.42. The quantitative estimate of drug-likeness (QED) is 0.309. The summed E-state index contributed by atoms with van der Waals surface area (Å²) in [7, 11) is 0. The van der Waals surface area contributed by atoms with Gasteiger partial charge in [0.2, 0.25) is 0 Å². The summed E-state index contributed by atoms with van der Waals surface area (Å²) in [5.74, 6) is 0. The Morgan fingerprint density at radius 2 is 0.967 bits per heavy atom. The Hall–Kier alpha value is 0.640. The summed E-state index contributed by atoms with van der Waals surface area (Å²) < 4.78 is 6.19. The normalized spacial score (nSPS) is 24.4. The molecule has 4 rings (SSSR count). The number of allylic oxidation sites excluding steroid dienone is 8. The Balaban J connectivity index is 0.00000160. The van der Waals surface area contributed by atoms with Gasteiger partial charge in [-0.1, -0.05) is 0 Å². The molecule has 0 spiro atoms. The minimum Gasteiger partial charge on any atom is -0.147 e. The van der Waals surface area contributed by atoms with E-state index in [4.69, 9.17) is 0 Å². The van der Waals surface area contributed by atoms with E-state index in [0.717, 1.165) is 7.25 Å². The van der Waals surface area contributed by atoms with Crippen LogP contribution in [0.2, 0.25) is 7.25 Å². The third-order valence-corrected chi connectivity index (χ3v) is 43.0. The molecule has 2 fully saturated rings. The molecule has 0 aromatic heterocycles. The molecule has 0 aromatic carbocycles. The number of halogens is 2. The number of hydrogen-bond donors (Lipinski definition) is 0. The van der Waals surface area contributed by atoms with Crippen LogP contribution in [0.5, 0.6) is 0 Å². The SMILES string of the molecule is CC1=CC(C)=[C]([Zr](=[SiH2])([C]2=C(C)C=C(C)C2)([CH]2CCCCC2)[CH]2CCCCC2)C1.Cl.Cl. The first-order valence-electron chi connectivity index (χ1n) is 12.1. The van der Waals surface area contributed by atoms with Gasteiger partial charge in [0.05, 0.1) is 0 Å². The topological polar surface area (TPSA) is 0 Å². The minimum absolute atomic E-state index is 0. The largest absolute Gasteiger partial charge is 0.147 e. The van der Waals surface area contributed by atoms with Crippen molar-refractivity contribution in [1.29, 1.82) is 0 Å². The smallest absolute Gasteiger partial charge is 0.147 e. The first kappa shape index (κ1) is 26.9. The zero-order valence-corrected chi connectivity index (χ0v) is 25.3. The van der Waals surface area contributed by atoms with Gasteiger partial charge in [0.25, 0.3) is 0 Å². The van der Waals surface area contributed by atoms with Gasteiger partial charge in [-0.25, -0.2) is 0 Å². The van der Waals surface area contributed by atoms with Crippen molar-refractivity contribution in [3.8, 4) is 0 Å². The fraction of sp³-hybridized carbons (Fsp3) is 0.692. The maximum Gasteiger partial charge on any atom is -0.147 e.